The van der Waals surface area contributed by atoms with Gasteiger partial charge in [-0.05, 0) is 24.6 Å². The number of rotatable bonds is 7. The summed E-state index contributed by atoms with van der Waals surface area (Å²) in [6.07, 6.45) is 3.77. The molecule has 0 amide bonds. The number of aliphatic hydroxyl groups excluding tert-OH is 1. The Labute approximate surface area is 119 Å². The second kappa shape index (κ2) is 7.07. The van der Waals surface area contributed by atoms with Gasteiger partial charge in [-0.15, -0.1) is 0 Å². The lowest BCUT2D eigenvalue weighted by atomic mass is 10.1. The lowest BCUT2D eigenvalue weighted by molar-refractivity contribution is 0.269. The number of nitrogens with zero attached hydrogens (tertiary/aromatic N) is 2. The minimum Gasteiger partial charge on any atom is -0.497 e. The molecule has 0 aliphatic rings. The SMILES string of the molecule is COc1cccc(C(C)NCc2cnn(CCO)c2)c1. The molecular formula is C15H21N3O2. The molecule has 1 heterocycles. The van der Waals surface area contributed by atoms with E-state index < -0.39 is 0 Å². The predicted molar refractivity (Wildman–Crippen MR) is 77.6 cm³/mol. The van der Waals surface area contributed by atoms with Gasteiger partial charge < -0.3 is 15.2 Å². The van der Waals surface area contributed by atoms with Gasteiger partial charge in [0.1, 0.15) is 5.75 Å². The maximum atomic E-state index is 8.86. The molecule has 1 aromatic heterocycles. The van der Waals surface area contributed by atoms with Crippen LogP contribution in [-0.4, -0.2) is 28.6 Å². The molecule has 1 unspecified atom stereocenters. The van der Waals surface area contributed by atoms with Crippen molar-refractivity contribution >= 4 is 0 Å². The molecule has 0 radical (unpaired) electrons. The molecule has 20 heavy (non-hydrogen) atoms. The molecule has 0 saturated carbocycles. The van der Waals surface area contributed by atoms with Crippen LogP contribution in [0.5, 0.6) is 5.75 Å². The zero-order chi connectivity index (χ0) is 14.4. The summed E-state index contributed by atoms with van der Waals surface area (Å²) in [6.45, 7) is 3.50. The summed E-state index contributed by atoms with van der Waals surface area (Å²) in [6, 6.07) is 8.27. The number of benzene rings is 1. The van der Waals surface area contributed by atoms with Gasteiger partial charge >= 0.3 is 0 Å². The van der Waals surface area contributed by atoms with E-state index in [2.05, 4.69) is 23.4 Å². The number of ether oxygens (including phenoxy) is 1. The molecule has 5 nitrogen and oxygen atoms in total. The van der Waals surface area contributed by atoms with Crippen LogP contribution >= 0.6 is 0 Å². The van der Waals surface area contributed by atoms with E-state index in [1.165, 1.54) is 5.56 Å². The summed E-state index contributed by atoms with van der Waals surface area (Å²) in [4.78, 5) is 0. The number of methoxy groups -OCH3 is 1. The highest BCUT2D eigenvalue weighted by atomic mass is 16.5. The van der Waals surface area contributed by atoms with E-state index in [9.17, 15) is 0 Å². The number of aromatic nitrogens is 2. The largest absolute Gasteiger partial charge is 0.497 e. The lowest BCUT2D eigenvalue weighted by Crippen LogP contribution is -2.17. The van der Waals surface area contributed by atoms with Crippen molar-refractivity contribution in [3.63, 3.8) is 0 Å². The van der Waals surface area contributed by atoms with Crippen molar-refractivity contribution in [3.8, 4) is 5.75 Å². The van der Waals surface area contributed by atoms with E-state index in [0.717, 1.165) is 17.9 Å². The zero-order valence-electron chi connectivity index (χ0n) is 11.9. The summed E-state index contributed by atoms with van der Waals surface area (Å²) in [5.41, 5.74) is 2.29. The van der Waals surface area contributed by atoms with E-state index in [1.54, 1.807) is 11.8 Å². The van der Waals surface area contributed by atoms with Gasteiger partial charge in [-0.1, -0.05) is 12.1 Å². The van der Waals surface area contributed by atoms with Crippen LogP contribution in [0.25, 0.3) is 0 Å². The van der Waals surface area contributed by atoms with Crippen LogP contribution in [0.1, 0.15) is 24.1 Å². The molecule has 5 heteroatoms. The molecule has 1 atom stereocenters. The van der Waals surface area contributed by atoms with Gasteiger partial charge in [-0.3, -0.25) is 4.68 Å². The Bertz CT molecular complexity index is 539. The minimum absolute atomic E-state index is 0.106. The van der Waals surface area contributed by atoms with Crippen LogP contribution in [-0.2, 0) is 13.1 Å². The van der Waals surface area contributed by atoms with Gasteiger partial charge in [-0.25, -0.2) is 0 Å². The smallest absolute Gasteiger partial charge is 0.119 e. The van der Waals surface area contributed by atoms with Gasteiger partial charge in [0.15, 0.2) is 0 Å². The Morgan fingerprint density at radius 3 is 3.05 bits per heavy atom. The Kier molecular flexibility index (Phi) is 5.15. The monoisotopic (exact) mass is 275 g/mol. The van der Waals surface area contributed by atoms with E-state index >= 15 is 0 Å². The summed E-state index contributed by atoms with van der Waals surface area (Å²) in [5, 5.41) is 16.5. The molecule has 0 saturated heterocycles. The fraction of sp³-hybridized carbons (Fsp3) is 0.400. The summed E-state index contributed by atoms with van der Waals surface area (Å²) in [7, 11) is 1.67. The molecule has 2 aromatic rings. The maximum absolute atomic E-state index is 8.86. The third kappa shape index (κ3) is 3.82. The molecule has 0 fully saturated rings. The predicted octanol–water partition coefficient (Wildman–Crippen LogP) is 1.73. The molecule has 2 rings (SSSR count). The Morgan fingerprint density at radius 2 is 2.30 bits per heavy atom. The third-order valence-corrected chi connectivity index (χ3v) is 3.22. The molecular weight excluding hydrogens is 254 g/mol. The quantitative estimate of drug-likeness (QED) is 0.808. The fourth-order valence-corrected chi connectivity index (χ4v) is 2.02. The summed E-state index contributed by atoms with van der Waals surface area (Å²) >= 11 is 0. The molecule has 2 N–H and O–H groups in total. The van der Waals surface area contributed by atoms with Gasteiger partial charge in [-0.2, -0.15) is 5.10 Å². The second-order valence-corrected chi connectivity index (χ2v) is 4.71. The van der Waals surface area contributed by atoms with Crippen molar-refractivity contribution in [1.29, 1.82) is 0 Å². The van der Waals surface area contributed by atoms with Crippen molar-refractivity contribution in [2.75, 3.05) is 13.7 Å². The third-order valence-electron chi connectivity index (χ3n) is 3.22. The standard InChI is InChI=1S/C15H21N3O2/c1-12(14-4-3-5-15(8-14)20-2)16-9-13-10-17-18(11-13)6-7-19/h3-5,8,10-12,16,19H,6-7,9H2,1-2H3. The van der Waals surface area contributed by atoms with E-state index in [1.807, 2.05) is 30.6 Å². The van der Waals surface area contributed by atoms with E-state index in [-0.39, 0.29) is 12.6 Å². The number of hydrogen-bond acceptors (Lipinski definition) is 4. The van der Waals surface area contributed by atoms with E-state index in [4.69, 9.17) is 9.84 Å². The van der Waals surface area contributed by atoms with Crippen molar-refractivity contribution in [2.24, 2.45) is 0 Å². The Morgan fingerprint density at radius 1 is 1.45 bits per heavy atom. The lowest BCUT2D eigenvalue weighted by Gasteiger charge is -2.14. The summed E-state index contributed by atoms with van der Waals surface area (Å²) in [5.74, 6) is 0.868. The van der Waals surface area contributed by atoms with Gasteiger partial charge in [0.2, 0.25) is 0 Å². The minimum atomic E-state index is 0.106. The van der Waals surface area contributed by atoms with Gasteiger partial charge in [0.05, 0.1) is 26.5 Å². The fourth-order valence-electron chi connectivity index (χ4n) is 2.02. The average molecular weight is 275 g/mol. The highest BCUT2D eigenvalue weighted by Gasteiger charge is 2.06. The van der Waals surface area contributed by atoms with Crippen LogP contribution in [0, 0.1) is 0 Å². The first-order chi connectivity index (χ1) is 9.72. The average Bonchev–Trinajstić information content (AvgIpc) is 2.93. The first kappa shape index (κ1) is 14.6. The van der Waals surface area contributed by atoms with Gasteiger partial charge in [0, 0.05) is 24.3 Å². The molecule has 1 aromatic carbocycles. The molecule has 0 bridgehead atoms. The van der Waals surface area contributed by atoms with Crippen molar-refractivity contribution in [2.45, 2.75) is 26.1 Å². The normalized spacial score (nSPS) is 12.3. The van der Waals surface area contributed by atoms with Crippen LogP contribution in [0.3, 0.4) is 0 Å². The first-order valence-corrected chi connectivity index (χ1v) is 6.72. The highest BCUT2D eigenvalue weighted by molar-refractivity contribution is 5.30. The molecule has 0 aliphatic carbocycles. The first-order valence-electron chi connectivity index (χ1n) is 6.72. The molecule has 0 spiro atoms. The second-order valence-electron chi connectivity index (χ2n) is 4.71. The topological polar surface area (TPSA) is 59.3 Å². The number of aliphatic hydroxyl groups is 1. The van der Waals surface area contributed by atoms with E-state index in [0.29, 0.717) is 6.54 Å². The van der Waals surface area contributed by atoms with Crippen molar-refractivity contribution in [1.82, 2.24) is 15.1 Å². The Hall–Kier alpha value is -1.85. The van der Waals surface area contributed by atoms with Crippen molar-refractivity contribution < 1.29 is 9.84 Å². The van der Waals surface area contributed by atoms with Crippen LogP contribution in [0.4, 0.5) is 0 Å². The van der Waals surface area contributed by atoms with Crippen LogP contribution < -0.4 is 10.1 Å². The highest BCUT2D eigenvalue weighted by Crippen LogP contribution is 2.19. The molecule has 0 aliphatic heterocycles. The van der Waals surface area contributed by atoms with Gasteiger partial charge in [0.25, 0.3) is 0 Å². The van der Waals surface area contributed by atoms with Crippen LogP contribution in [0.2, 0.25) is 0 Å². The number of nitrogens with one attached hydrogen (secondary N) is 1. The van der Waals surface area contributed by atoms with Crippen molar-refractivity contribution in [3.05, 3.63) is 47.8 Å². The summed E-state index contributed by atoms with van der Waals surface area (Å²) < 4.78 is 6.98. The zero-order valence-corrected chi connectivity index (χ0v) is 11.9. The molecule has 108 valence electrons. The van der Waals surface area contributed by atoms with Crippen LogP contribution in [0.15, 0.2) is 36.7 Å². The number of hydrogen-bond donors (Lipinski definition) is 2. The Balaban J connectivity index is 1.91. The maximum Gasteiger partial charge on any atom is 0.119 e.